The number of carbonyl (C=O) groups excluding carboxylic acids is 1. The van der Waals surface area contributed by atoms with E-state index in [0.717, 1.165) is 18.2 Å². The SMILES string of the molecule is CCOC(=O)c1cnn(C)c1CN(C)C1CCC(C)CC1. The van der Waals surface area contributed by atoms with E-state index in [1.807, 2.05) is 14.0 Å². The summed E-state index contributed by atoms with van der Waals surface area (Å²) in [5.74, 6) is 0.577. The first kappa shape index (κ1) is 16.0. The third kappa shape index (κ3) is 3.84. The number of esters is 1. The Hall–Kier alpha value is -1.36. The molecule has 5 nitrogen and oxygen atoms in total. The highest BCUT2D eigenvalue weighted by molar-refractivity contribution is 5.90. The Morgan fingerprint density at radius 3 is 2.71 bits per heavy atom. The molecule has 0 aromatic carbocycles. The first-order valence-electron chi connectivity index (χ1n) is 7.91. The van der Waals surface area contributed by atoms with Crippen LogP contribution in [0.1, 0.15) is 55.6 Å². The van der Waals surface area contributed by atoms with Gasteiger partial charge in [-0.1, -0.05) is 6.92 Å². The fourth-order valence-electron chi connectivity index (χ4n) is 3.08. The summed E-state index contributed by atoms with van der Waals surface area (Å²) in [6.45, 7) is 5.28. The summed E-state index contributed by atoms with van der Waals surface area (Å²) in [5.41, 5.74) is 1.53. The van der Waals surface area contributed by atoms with Gasteiger partial charge < -0.3 is 4.74 Å². The lowest BCUT2D eigenvalue weighted by Crippen LogP contribution is -2.35. The molecule has 0 unspecified atom stereocenters. The van der Waals surface area contributed by atoms with Crippen molar-refractivity contribution in [2.24, 2.45) is 13.0 Å². The van der Waals surface area contributed by atoms with Crippen LogP contribution in [0.2, 0.25) is 0 Å². The smallest absolute Gasteiger partial charge is 0.341 e. The molecule has 1 heterocycles. The van der Waals surface area contributed by atoms with Crippen LogP contribution in [0, 0.1) is 5.92 Å². The molecule has 0 spiro atoms. The fraction of sp³-hybridized carbons (Fsp3) is 0.750. The molecule has 0 saturated heterocycles. The van der Waals surface area contributed by atoms with Crippen molar-refractivity contribution >= 4 is 5.97 Å². The summed E-state index contributed by atoms with van der Waals surface area (Å²) in [5, 5.41) is 4.22. The van der Waals surface area contributed by atoms with Gasteiger partial charge >= 0.3 is 5.97 Å². The molecule has 118 valence electrons. The summed E-state index contributed by atoms with van der Waals surface area (Å²) in [7, 11) is 4.03. The van der Waals surface area contributed by atoms with Crippen molar-refractivity contribution in [3.05, 3.63) is 17.5 Å². The van der Waals surface area contributed by atoms with Crippen LogP contribution < -0.4 is 0 Å². The van der Waals surface area contributed by atoms with Crippen molar-refractivity contribution in [3.63, 3.8) is 0 Å². The number of ether oxygens (including phenoxy) is 1. The van der Waals surface area contributed by atoms with E-state index in [1.54, 1.807) is 10.9 Å². The molecule has 1 saturated carbocycles. The molecule has 2 rings (SSSR count). The van der Waals surface area contributed by atoms with Crippen LogP contribution in [0.5, 0.6) is 0 Å². The molecule has 0 radical (unpaired) electrons. The Labute approximate surface area is 127 Å². The summed E-state index contributed by atoms with van der Waals surface area (Å²) in [6, 6.07) is 0.603. The number of aromatic nitrogens is 2. The van der Waals surface area contributed by atoms with Gasteiger partial charge in [0.1, 0.15) is 5.56 Å². The number of nitrogens with zero attached hydrogens (tertiary/aromatic N) is 3. The summed E-state index contributed by atoms with van der Waals surface area (Å²) in [6.07, 6.45) is 6.69. The van der Waals surface area contributed by atoms with Gasteiger partial charge in [-0.05, 0) is 45.6 Å². The van der Waals surface area contributed by atoms with Crippen molar-refractivity contribution in [3.8, 4) is 0 Å². The quantitative estimate of drug-likeness (QED) is 0.783. The Balaban J connectivity index is 2.05. The molecule has 1 aromatic heterocycles. The lowest BCUT2D eigenvalue weighted by atomic mass is 9.87. The van der Waals surface area contributed by atoms with Gasteiger partial charge in [0.15, 0.2) is 0 Å². The minimum atomic E-state index is -0.272. The number of aryl methyl sites for hydroxylation is 1. The maximum atomic E-state index is 12.0. The summed E-state index contributed by atoms with van der Waals surface area (Å²) >= 11 is 0. The second-order valence-corrected chi connectivity index (χ2v) is 6.18. The van der Waals surface area contributed by atoms with Gasteiger partial charge in [-0.15, -0.1) is 0 Å². The first-order chi connectivity index (χ1) is 10.0. The molecule has 5 heteroatoms. The molecular formula is C16H27N3O2. The van der Waals surface area contributed by atoms with Crippen molar-refractivity contribution in [2.45, 2.75) is 52.1 Å². The zero-order valence-electron chi connectivity index (χ0n) is 13.6. The second-order valence-electron chi connectivity index (χ2n) is 6.18. The fourth-order valence-corrected chi connectivity index (χ4v) is 3.08. The standard InChI is InChI=1S/C16H27N3O2/c1-5-21-16(20)14-10-17-19(4)15(14)11-18(3)13-8-6-12(2)7-9-13/h10,12-13H,5-9,11H2,1-4H3. The van der Waals surface area contributed by atoms with Crippen LogP contribution in [-0.4, -0.2) is 40.3 Å². The van der Waals surface area contributed by atoms with Crippen LogP contribution in [0.4, 0.5) is 0 Å². The maximum absolute atomic E-state index is 12.0. The Morgan fingerprint density at radius 1 is 1.43 bits per heavy atom. The molecule has 1 aromatic rings. The van der Waals surface area contributed by atoms with Crippen LogP contribution in [0.15, 0.2) is 6.20 Å². The van der Waals surface area contributed by atoms with E-state index in [0.29, 0.717) is 18.2 Å². The van der Waals surface area contributed by atoms with Crippen molar-refractivity contribution in [2.75, 3.05) is 13.7 Å². The summed E-state index contributed by atoms with van der Waals surface area (Å²) < 4.78 is 6.90. The zero-order valence-corrected chi connectivity index (χ0v) is 13.6. The number of carbonyl (C=O) groups is 1. The number of hydrogen-bond acceptors (Lipinski definition) is 4. The van der Waals surface area contributed by atoms with Crippen LogP contribution in [0.3, 0.4) is 0 Å². The molecule has 0 amide bonds. The molecule has 0 aliphatic heterocycles. The van der Waals surface area contributed by atoms with Gasteiger partial charge in [-0.25, -0.2) is 4.79 Å². The topological polar surface area (TPSA) is 47.4 Å². The molecule has 0 bridgehead atoms. The Bertz CT molecular complexity index is 476. The molecule has 1 aliphatic rings. The van der Waals surface area contributed by atoms with Crippen molar-refractivity contribution in [1.82, 2.24) is 14.7 Å². The molecule has 1 aliphatic carbocycles. The number of rotatable bonds is 5. The molecule has 0 atom stereocenters. The van der Waals surface area contributed by atoms with Crippen LogP contribution >= 0.6 is 0 Å². The zero-order chi connectivity index (χ0) is 15.4. The highest BCUT2D eigenvalue weighted by Gasteiger charge is 2.24. The molecule has 1 fully saturated rings. The average Bonchev–Trinajstić information content (AvgIpc) is 2.81. The van der Waals surface area contributed by atoms with Gasteiger partial charge in [-0.3, -0.25) is 9.58 Å². The maximum Gasteiger partial charge on any atom is 0.341 e. The minimum absolute atomic E-state index is 0.272. The van der Waals surface area contributed by atoms with Gasteiger partial charge in [0, 0.05) is 19.6 Å². The van der Waals surface area contributed by atoms with Gasteiger partial charge in [-0.2, -0.15) is 5.10 Å². The van der Waals surface area contributed by atoms with Gasteiger partial charge in [0.05, 0.1) is 18.5 Å². The van der Waals surface area contributed by atoms with E-state index >= 15 is 0 Å². The molecule has 0 N–H and O–H groups in total. The van der Waals surface area contributed by atoms with E-state index in [1.165, 1.54) is 25.7 Å². The predicted molar refractivity (Wildman–Crippen MR) is 82.1 cm³/mol. The highest BCUT2D eigenvalue weighted by Crippen LogP contribution is 2.27. The van der Waals surface area contributed by atoms with Gasteiger partial charge in [0.2, 0.25) is 0 Å². The normalized spacial score (nSPS) is 22.5. The molecule has 21 heavy (non-hydrogen) atoms. The van der Waals surface area contributed by atoms with E-state index in [-0.39, 0.29) is 5.97 Å². The lowest BCUT2D eigenvalue weighted by molar-refractivity contribution is 0.0523. The van der Waals surface area contributed by atoms with Crippen molar-refractivity contribution in [1.29, 1.82) is 0 Å². The Kier molecular flexibility index (Phi) is 5.39. The Morgan fingerprint density at radius 2 is 2.10 bits per heavy atom. The van der Waals surface area contributed by atoms with Crippen LogP contribution in [0.25, 0.3) is 0 Å². The largest absolute Gasteiger partial charge is 0.462 e. The third-order valence-corrected chi connectivity index (χ3v) is 4.56. The third-order valence-electron chi connectivity index (χ3n) is 4.56. The van der Waals surface area contributed by atoms with Crippen LogP contribution in [-0.2, 0) is 18.3 Å². The highest BCUT2D eigenvalue weighted by atomic mass is 16.5. The predicted octanol–water partition coefficient (Wildman–Crippen LogP) is 2.61. The molecular weight excluding hydrogens is 266 g/mol. The second kappa shape index (κ2) is 7.07. The average molecular weight is 293 g/mol. The number of hydrogen-bond donors (Lipinski definition) is 0. The van der Waals surface area contributed by atoms with Gasteiger partial charge in [0.25, 0.3) is 0 Å². The van der Waals surface area contributed by atoms with E-state index in [9.17, 15) is 4.79 Å². The van der Waals surface area contributed by atoms with E-state index < -0.39 is 0 Å². The first-order valence-corrected chi connectivity index (χ1v) is 7.91. The minimum Gasteiger partial charge on any atom is -0.462 e. The van der Waals surface area contributed by atoms with E-state index in [4.69, 9.17) is 4.74 Å². The monoisotopic (exact) mass is 293 g/mol. The summed E-state index contributed by atoms with van der Waals surface area (Å²) in [4.78, 5) is 14.3. The van der Waals surface area contributed by atoms with E-state index in [2.05, 4.69) is 24.0 Å². The lowest BCUT2D eigenvalue weighted by Gasteiger charge is -2.33. The van der Waals surface area contributed by atoms with Crippen molar-refractivity contribution < 1.29 is 9.53 Å².